The van der Waals surface area contributed by atoms with Crippen molar-refractivity contribution in [2.24, 2.45) is 0 Å². The first-order valence-corrected chi connectivity index (χ1v) is 6.43. The third kappa shape index (κ3) is 2.99. The standard InChI is InChI=1S/C14H17N3O2/c1-3-12-9-13(4-2)16(15-12)10-11-5-7-14(8-6-11)17(18)19/h5-9H,3-4,10H2,1-2H3. The Morgan fingerprint density at radius 2 is 1.89 bits per heavy atom. The average molecular weight is 259 g/mol. The van der Waals surface area contributed by atoms with Crippen LogP contribution in [0.15, 0.2) is 30.3 Å². The quantitative estimate of drug-likeness (QED) is 0.612. The van der Waals surface area contributed by atoms with Gasteiger partial charge in [0.1, 0.15) is 0 Å². The van der Waals surface area contributed by atoms with Crippen LogP contribution in [0.1, 0.15) is 30.8 Å². The Kier molecular flexibility index (Phi) is 3.94. The van der Waals surface area contributed by atoms with Gasteiger partial charge < -0.3 is 0 Å². The average Bonchev–Trinajstić information content (AvgIpc) is 2.81. The molecule has 0 aliphatic heterocycles. The Morgan fingerprint density at radius 3 is 2.42 bits per heavy atom. The monoisotopic (exact) mass is 259 g/mol. The maximum absolute atomic E-state index is 10.6. The zero-order valence-electron chi connectivity index (χ0n) is 11.2. The van der Waals surface area contributed by atoms with E-state index in [1.54, 1.807) is 12.1 Å². The number of nitro benzene ring substituents is 1. The van der Waals surface area contributed by atoms with Crippen LogP contribution in [-0.4, -0.2) is 14.7 Å². The molecule has 0 amide bonds. The number of rotatable bonds is 5. The normalized spacial score (nSPS) is 10.6. The van der Waals surface area contributed by atoms with Crippen LogP contribution in [0.3, 0.4) is 0 Å². The van der Waals surface area contributed by atoms with Crippen LogP contribution < -0.4 is 0 Å². The minimum atomic E-state index is -0.385. The lowest BCUT2D eigenvalue weighted by Gasteiger charge is -2.05. The van der Waals surface area contributed by atoms with Crippen LogP contribution in [-0.2, 0) is 19.4 Å². The maximum Gasteiger partial charge on any atom is 0.269 e. The van der Waals surface area contributed by atoms with Gasteiger partial charge in [0.25, 0.3) is 5.69 Å². The molecule has 100 valence electrons. The summed E-state index contributed by atoms with van der Waals surface area (Å²) >= 11 is 0. The second-order valence-corrected chi connectivity index (χ2v) is 4.42. The molecule has 0 spiro atoms. The minimum Gasteiger partial charge on any atom is -0.265 e. The number of benzene rings is 1. The summed E-state index contributed by atoms with van der Waals surface area (Å²) in [5, 5.41) is 15.1. The number of nitro groups is 1. The Bertz CT molecular complexity index is 573. The summed E-state index contributed by atoms with van der Waals surface area (Å²) in [5.74, 6) is 0. The number of hydrogen-bond acceptors (Lipinski definition) is 3. The molecule has 2 rings (SSSR count). The van der Waals surface area contributed by atoms with Gasteiger partial charge in [-0.3, -0.25) is 14.8 Å². The van der Waals surface area contributed by atoms with Crippen LogP contribution in [0.25, 0.3) is 0 Å². The molecular weight excluding hydrogens is 242 g/mol. The molecule has 1 heterocycles. The summed E-state index contributed by atoms with van der Waals surface area (Å²) in [5.41, 5.74) is 3.41. The van der Waals surface area contributed by atoms with Gasteiger partial charge in [0.05, 0.1) is 17.2 Å². The van der Waals surface area contributed by atoms with E-state index in [1.807, 2.05) is 4.68 Å². The molecule has 19 heavy (non-hydrogen) atoms. The summed E-state index contributed by atoms with van der Waals surface area (Å²) in [7, 11) is 0. The number of hydrogen-bond donors (Lipinski definition) is 0. The fourth-order valence-electron chi connectivity index (χ4n) is 2.01. The Morgan fingerprint density at radius 1 is 1.21 bits per heavy atom. The van der Waals surface area contributed by atoms with Gasteiger partial charge in [0, 0.05) is 17.8 Å². The highest BCUT2D eigenvalue weighted by molar-refractivity contribution is 5.33. The smallest absolute Gasteiger partial charge is 0.265 e. The second kappa shape index (κ2) is 5.65. The van der Waals surface area contributed by atoms with Gasteiger partial charge in [0.2, 0.25) is 0 Å². The van der Waals surface area contributed by atoms with E-state index in [9.17, 15) is 10.1 Å². The van der Waals surface area contributed by atoms with E-state index in [0.717, 1.165) is 24.1 Å². The van der Waals surface area contributed by atoms with Crippen LogP contribution >= 0.6 is 0 Å². The first-order valence-electron chi connectivity index (χ1n) is 6.43. The first kappa shape index (κ1) is 13.3. The molecule has 0 saturated carbocycles. The molecule has 0 radical (unpaired) electrons. The van der Waals surface area contributed by atoms with Gasteiger partial charge in [-0.05, 0) is 24.5 Å². The number of aromatic nitrogens is 2. The molecule has 5 heteroatoms. The molecule has 1 aromatic heterocycles. The Labute approximate surface area is 112 Å². The van der Waals surface area contributed by atoms with Crippen LogP contribution in [0, 0.1) is 10.1 Å². The molecule has 0 aliphatic rings. The lowest BCUT2D eigenvalue weighted by atomic mass is 10.2. The van der Waals surface area contributed by atoms with Gasteiger partial charge in [-0.2, -0.15) is 5.10 Å². The lowest BCUT2D eigenvalue weighted by Crippen LogP contribution is -2.06. The van der Waals surface area contributed by atoms with Crippen LogP contribution in [0.4, 0.5) is 5.69 Å². The van der Waals surface area contributed by atoms with E-state index in [2.05, 4.69) is 25.0 Å². The largest absolute Gasteiger partial charge is 0.269 e. The number of non-ortho nitro benzene ring substituents is 1. The van der Waals surface area contributed by atoms with E-state index in [0.29, 0.717) is 6.54 Å². The third-order valence-corrected chi connectivity index (χ3v) is 3.12. The van der Waals surface area contributed by atoms with Gasteiger partial charge in [-0.15, -0.1) is 0 Å². The van der Waals surface area contributed by atoms with Crippen molar-refractivity contribution in [3.05, 3.63) is 57.4 Å². The van der Waals surface area contributed by atoms with E-state index in [1.165, 1.54) is 17.8 Å². The predicted molar refractivity (Wildman–Crippen MR) is 73.2 cm³/mol. The van der Waals surface area contributed by atoms with Crippen LogP contribution in [0.2, 0.25) is 0 Å². The molecule has 5 nitrogen and oxygen atoms in total. The molecule has 0 fully saturated rings. The summed E-state index contributed by atoms with van der Waals surface area (Å²) in [6, 6.07) is 8.75. The van der Waals surface area contributed by atoms with Gasteiger partial charge in [-0.1, -0.05) is 26.0 Å². The van der Waals surface area contributed by atoms with Gasteiger partial charge in [0.15, 0.2) is 0 Å². The van der Waals surface area contributed by atoms with E-state index >= 15 is 0 Å². The van der Waals surface area contributed by atoms with Gasteiger partial charge in [-0.25, -0.2) is 0 Å². The molecule has 0 unspecified atom stereocenters. The van der Waals surface area contributed by atoms with Crippen molar-refractivity contribution in [2.75, 3.05) is 0 Å². The highest BCUT2D eigenvalue weighted by Gasteiger charge is 2.08. The molecule has 0 N–H and O–H groups in total. The number of nitrogens with zero attached hydrogens (tertiary/aromatic N) is 3. The van der Waals surface area contributed by atoms with Crippen molar-refractivity contribution in [1.29, 1.82) is 0 Å². The van der Waals surface area contributed by atoms with Crippen LogP contribution in [0.5, 0.6) is 0 Å². The molecule has 2 aromatic rings. The molecule has 0 aliphatic carbocycles. The SMILES string of the molecule is CCc1cc(CC)n(Cc2ccc([N+](=O)[O-])cc2)n1. The highest BCUT2D eigenvalue weighted by Crippen LogP contribution is 2.14. The minimum absolute atomic E-state index is 0.120. The zero-order chi connectivity index (χ0) is 13.8. The van der Waals surface area contributed by atoms with Crippen molar-refractivity contribution in [2.45, 2.75) is 33.2 Å². The number of aryl methyl sites for hydroxylation is 2. The molecular formula is C14H17N3O2. The molecule has 0 bridgehead atoms. The summed E-state index contributed by atoms with van der Waals surface area (Å²) < 4.78 is 1.97. The van der Waals surface area contributed by atoms with E-state index < -0.39 is 0 Å². The van der Waals surface area contributed by atoms with E-state index in [4.69, 9.17) is 0 Å². The van der Waals surface area contributed by atoms with Crippen molar-refractivity contribution in [3.63, 3.8) is 0 Å². The Hall–Kier alpha value is -2.17. The second-order valence-electron chi connectivity index (χ2n) is 4.42. The van der Waals surface area contributed by atoms with Crippen molar-refractivity contribution >= 4 is 5.69 Å². The topological polar surface area (TPSA) is 61.0 Å². The summed E-state index contributed by atoms with van der Waals surface area (Å²) in [6.45, 7) is 4.84. The molecule has 0 saturated heterocycles. The van der Waals surface area contributed by atoms with Gasteiger partial charge >= 0.3 is 0 Å². The third-order valence-electron chi connectivity index (χ3n) is 3.12. The summed E-state index contributed by atoms with van der Waals surface area (Å²) in [6.07, 6.45) is 1.85. The maximum atomic E-state index is 10.6. The predicted octanol–water partition coefficient (Wildman–Crippen LogP) is 2.96. The first-order chi connectivity index (χ1) is 9.13. The van der Waals surface area contributed by atoms with E-state index in [-0.39, 0.29) is 10.6 Å². The van der Waals surface area contributed by atoms with Crippen molar-refractivity contribution in [1.82, 2.24) is 9.78 Å². The summed E-state index contributed by atoms with van der Waals surface area (Å²) in [4.78, 5) is 10.2. The fourth-order valence-corrected chi connectivity index (χ4v) is 2.01. The zero-order valence-corrected chi connectivity index (χ0v) is 11.2. The van der Waals surface area contributed by atoms with Crippen molar-refractivity contribution < 1.29 is 4.92 Å². The Balaban J connectivity index is 2.20. The van der Waals surface area contributed by atoms with Crippen molar-refractivity contribution in [3.8, 4) is 0 Å². The fraction of sp³-hybridized carbons (Fsp3) is 0.357. The highest BCUT2D eigenvalue weighted by atomic mass is 16.6. The molecule has 0 atom stereocenters. The lowest BCUT2D eigenvalue weighted by molar-refractivity contribution is -0.384. The molecule has 1 aromatic carbocycles.